The van der Waals surface area contributed by atoms with Crippen molar-refractivity contribution in [3.63, 3.8) is 0 Å². The third kappa shape index (κ3) is 9.43. The first kappa shape index (κ1) is 45.0. The smallest absolute Gasteiger partial charge is 0.0166 e. The van der Waals surface area contributed by atoms with Gasteiger partial charge in [-0.05, 0) is 98.0 Å². The van der Waals surface area contributed by atoms with E-state index < -0.39 is 0 Å². The molecule has 0 saturated carbocycles. The summed E-state index contributed by atoms with van der Waals surface area (Å²) in [6, 6.07) is 89.3. The van der Waals surface area contributed by atoms with Crippen molar-refractivity contribution in [2.75, 3.05) is 0 Å². The average Bonchev–Trinajstić information content (AvgIpc) is 3.42. The predicted octanol–water partition coefficient (Wildman–Crippen LogP) is 16.4. The number of benzene rings is 8. The molecule has 3 heterocycles. The third-order valence-corrected chi connectivity index (χ3v) is 12.0. The van der Waals surface area contributed by atoms with E-state index in [0.717, 1.165) is 112 Å². The van der Waals surface area contributed by atoms with Crippen LogP contribution in [0.25, 0.3) is 112 Å². The summed E-state index contributed by atoms with van der Waals surface area (Å²) in [7, 11) is 0. The van der Waals surface area contributed by atoms with Crippen LogP contribution in [0.5, 0.6) is 0 Å². The molecular weight excluding hydrogens is 1000 g/mol. The molecule has 0 bridgehead atoms. The maximum absolute atomic E-state index is 4.73. The maximum atomic E-state index is 4.73. The van der Waals surface area contributed by atoms with E-state index in [1.807, 2.05) is 61.1 Å². The molecule has 0 amide bonds. The first-order valence-corrected chi connectivity index (χ1v) is 22.1. The number of pyridine rings is 3. The van der Waals surface area contributed by atoms with Gasteiger partial charge in [0.25, 0.3) is 0 Å². The average molecular weight is 1050 g/mol. The van der Waals surface area contributed by atoms with Gasteiger partial charge in [0, 0.05) is 38.7 Å². The Kier molecular flexibility index (Phi) is 13.6. The summed E-state index contributed by atoms with van der Waals surface area (Å²) in [5.74, 6) is 0. The Bertz CT molecular complexity index is 3280. The summed E-state index contributed by atoms with van der Waals surface area (Å²) in [4.78, 5) is 13.9. The minimum absolute atomic E-state index is 0. The van der Waals surface area contributed by atoms with E-state index in [0.29, 0.717) is 0 Å². The van der Waals surface area contributed by atoms with Crippen molar-refractivity contribution in [1.82, 2.24) is 15.0 Å². The summed E-state index contributed by atoms with van der Waals surface area (Å²) in [6.45, 7) is 0. The molecule has 11 rings (SSSR count). The summed E-state index contributed by atoms with van der Waals surface area (Å²) in [5.41, 5.74) is 21.2. The molecule has 0 aliphatic heterocycles. The Morgan fingerprint density at radius 2 is 0.603 bits per heavy atom. The minimum atomic E-state index is 0. The molecule has 327 valence electrons. The summed E-state index contributed by atoms with van der Waals surface area (Å²) >= 11 is 0. The van der Waals surface area contributed by atoms with Gasteiger partial charge in [-0.3, -0.25) is 0 Å². The van der Waals surface area contributed by atoms with Crippen molar-refractivity contribution in [2.45, 2.75) is 0 Å². The van der Waals surface area contributed by atoms with Gasteiger partial charge in [-0.25, -0.2) is 0 Å². The molecule has 0 unspecified atom stereocenters. The molecule has 0 atom stereocenters. The molecule has 0 saturated heterocycles. The van der Waals surface area contributed by atoms with Gasteiger partial charge in [0.15, 0.2) is 0 Å². The van der Waals surface area contributed by atoms with Crippen LogP contribution in [0.2, 0.25) is 0 Å². The van der Waals surface area contributed by atoms with Gasteiger partial charge in [-0.1, -0.05) is 167 Å². The largest absolute Gasteiger partial charge is 0.358 e. The second-order valence-electron chi connectivity index (χ2n) is 16.1. The molecule has 0 spiro atoms. The number of hydrogen-bond donors (Lipinski definition) is 0. The fraction of sp³-hybridized carbons (Fsp3) is 0. The van der Waals surface area contributed by atoms with Gasteiger partial charge in [0.1, 0.15) is 0 Å². The Hall–Kier alpha value is -8.14. The molecule has 68 heavy (non-hydrogen) atoms. The minimum Gasteiger partial charge on any atom is -0.358 e. The van der Waals surface area contributed by atoms with Crippen LogP contribution in [0.3, 0.4) is 0 Å². The van der Waals surface area contributed by atoms with E-state index in [4.69, 9.17) is 4.98 Å². The van der Waals surface area contributed by atoms with E-state index in [-0.39, 0.29) is 27.5 Å². The van der Waals surface area contributed by atoms with Gasteiger partial charge in [-0.15, -0.1) is 89.5 Å². The van der Waals surface area contributed by atoms with Crippen LogP contribution < -0.4 is 0 Å². The Morgan fingerprint density at radius 1 is 0.250 bits per heavy atom. The Labute approximate surface area is 413 Å². The van der Waals surface area contributed by atoms with Gasteiger partial charge in [-0.2, -0.15) is 0 Å². The molecule has 11 aromatic rings. The molecular formula is C64H43IrN3-4. The van der Waals surface area contributed by atoms with E-state index >= 15 is 0 Å². The number of nitrogens with zero attached hydrogens (tertiary/aromatic N) is 3. The fourth-order valence-corrected chi connectivity index (χ4v) is 8.74. The van der Waals surface area contributed by atoms with E-state index in [2.05, 4.69) is 210 Å². The molecule has 4 heteroatoms. The second kappa shape index (κ2) is 20.6. The topological polar surface area (TPSA) is 38.7 Å². The molecule has 0 aliphatic rings. The molecule has 1 radical (unpaired) electrons. The van der Waals surface area contributed by atoms with Crippen LogP contribution >= 0.6 is 0 Å². The van der Waals surface area contributed by atoms with Crippen LogP contribution in [0.1, 0.15) is 0 Å². The van der Waals surface area contributed by atoms with Crippen LogP contribution in [-0.4, -0.2) is 15.0 Å². The van der Waals surface area contributed by atoms with Crippen molar-refractivity contribution in [3.8, 4) is 112 Å². The number of hydrogen-bond acceptors (Lipinski definition) is 3. The zero-order chi connectivity index (χ0) is 44.1. The van der Waals surface area contributed by atoms with Gasteiger partial charge < -0.3 is 22.4 Å². The van der Waals surface area contributed by atoms with Crippen LogP contribution in [0.15, 0.2) is 243 Å². The van der Waals surface area contributed by atoms with E-state index in [1.54, 1.807) is 0 Å². The zero-order valence-corrected chi connectivity index (χ0v) is 39.7. The number of aromatic nitrogens is 3. The van der Waals surface area contributed by atoms with E-state index in [1.165, 1.54) is 0 Å². The molecule has 3 aromatic heterocycles. The van der Waals surface area contributed by atoms with Crippen molar-refractivity contribution in [1.29, 1.82) is 0 Å². The first-order valence-electron chi connectivity index (χ1n) is 22.1. The van der Waals surface area contributed by atoms with Crippen LogP contribution in [0, 0.1) is 25.6 Å². The monoisotopic (exact) mass is 1050 g/mol. The normalized spacial score (nSPS) is 10.7. The van der Waals surface area contributed by atoms with Crippen LogP contribution in [0.4, 0.5) is 0 Å². The van der Waals surface area contributed by atoms with Crippen molar-refractivity contribution in [3.05, 3.63) is 269 Å². The predicted molar refractivity (Wildman–Crippen MR) is 277 cm³/mol. The Balaban J connectivity index is 0.00000289. The fourth-order valence-electron chi connectivity index (χ4n) is 8.74. The van der Waals surface area contributed by atoms with Crippen molar-refractivity contribution in [2.24, 2.45) is 0 Å². The third-order valence-electron chi connectivity index (χ3n) is 12.0. The van der Waals surface area contributed by atoms with Crippen molar-refractivity contribution >= 4 is 0 Å². The Morgan fingerprint density at radius 3 is 0.971 bits per heavy atom. The zero-order valence-electron chi connectivity index (χ0n) is 37.3. The van der Waals surface area contributed by atoms with Gasteiger partial charge in [0.05, 0.1) is 0 Å². The van der Waals surface area contributed by atoms with Crippen LogP contribution in [-0.2, 0) is 20.1 Å². The molecule has 3 nitrogen and oxygen atoms in total. The second-order valence-corrected chi connectivity index (χ2v) is 16.1. The van der Waals surface area contributed by atoms with Gasteiger partial charge >= 0.3 is 0 Å². The molecule has 0 fully saturated rings. The van der Waals surface area contributed by atoms with Crippen molar-refractivity contribution < 1.29 is 20.1 Å². The number of rotatable bonds is 10. The molecule has 0 N–H and O–H groups in total. The van der Waals surface area contributed by atoms with Gasteiger partial charge in [0.2, 0.25) is 0 Å². The summed E-state index contributed by atoms with van der Waals surface area (Å²) in [6.07, 6.45) is 5.51. The van der Waals surface area contributed by atoms with E-state index in [9.17, 15) is 0 Å². The quantitative estimate of drug-likeness (QED) is 0.128. The summed E-state index contributed by atoms with van der Waals surface area (Å²) in [5, 5.41) is 0. The standard InChI is InChI=1S/C63H40N3.CH3.Ir/c1-2-14-44(15-3-1)51-36-39-66-63(43-51)50-34-28-47(29-35-50)57-18-6-9-21-60(57)54-41-52(58-19-7-4-16-55(58)45-24-30-48(31-25-45)61-22-10-12-37-64-61)40-53(42-54)59-20-8-5-17-56(59)46-26-32-49(33-27-46)62-23-11-13-38-65-62;;/h1-30,32,34,36-43H;1H3;/q-3;-1;. The summed E-state index contributed by atoms with van der Waals surface area (Å²) < 4.78 is 0. The first-order chi connectivity index (χ1) is 32.7. The SMILES string of the molecule is [CH3-].[Ir].[c-]1cc(-c2ccccc2-c2cc(-c3ccccc3-c3c[c-]c(-c4ccccn4)cc3)cc(-c3ccccc3-c3c[c-]c(-c4cc(-c5ccccc5)ccn4)cc3)c2)ccc1-c1ccccn1. The maximum Gasteiger partial charge on any atom is 0.0166 e. The molecule has 0 aliphatic carbocycles. The molecule has 8 aromatic carbocycles.